The number of carbonyl (C=O) groups is 1. The Hall–Kier alpha value is -2.55. The lowest BCUT2D eigenvalue weighted by Gasteiger charge is -2.12. The van der Waals surface area contributed by atoms with Crippen molar-refractivity contribution in [3.8, 4) is 17.6 Å². The largest absolute Gasteiger partial charge is 0.493 e. The molecule has 2 aromatic carbocycles. The van der Waals surface area contributed by atoms with E-state index in [9.17, 15) is 20.2 Å². The Balaban J connectivity index is 2.38. The van der Waals surface area contributed by atoms with Crippen molar-refractivity contribution in [2.45, 2.75) is 6.92 Å². The molecule has 2 rings (SSSR count). The lowest BCUT2D eigenvalue weighted by Crippen LogP contribution is -2.14. The highest BCUT2D eigenvalue weighted by atomic mass is 127. The predicted molar refractivity (Wildman–Crippen MR) is 122 cm³/mol. The summed E-state index contributed by atoms with van der Waals surface area (Å²) >= 11 is 14.1. The molecule has 0 aliphatic heterocycles. The zero-order valence-electron chi connectivity index (χ0n) is 15.7. The average molecular weight is 562 g/mol. The van der Waals surface area contributed by atoms with E-state index < -0.39 is 10.8 Å². The Labute approximate surface area is 195 Å². The normalized spacial score (nSPS) is 10.9. The fraction of sp³-hybridized carbons (Fsp3) is 0.158. The number of nitrogens with one attached hydrogen (secondary N) is 1. The molecule has 0 spiro atoms. The van der Waals surface area contributed by atoms with Crippen LogP contribution in [0.1, 0.15) is 12.5 Å². The molecule has 0 atom stereocenters. The molecule has 11 heteroatoms. The fourth-order valence-electron chi connectivity index (χ4n) is 2.39. The minimum atomic E-state index is -0.780. The fourth-order valence-corrected chi connectivity index (χ4v) is 3.74. The molecular formula is C19H14Cl2IN3O5. The first-order valence-corrected chi connectivity index (χ1v) is 10.1. The summed E-state index contributed by atoms with van der Waals surface area (Å²) in [6, 6.07) is 7.28. The summed E-state index contributed by atoms with van der Waals surface area (Å²) in [4.78, 5) is 22.8. The SMILES string of the molecule is CCOc1c(I)cc(/C=C(\C#N)C(=O)Nc2c(Cl)cc([N+](=O)[O-])cc2Cl)cc1OC. The molecule has 8 nitrogen and oxygen atoms in total. The van der Waals surface area contributed by atoms with Gasteiger partial charge in [-0.2, -0.15) is 5.26 Å². The lowest BCUT2D eigenvalue weighted by atomic mass is 10.1. The van der Waals surface area contributed by atoms with Crippen molar-refractivity contribution >= 4 is 69.2 Å². The number of amides is 1. The molecule has 0 fully saturated rings. The second-order valence-electron chi connectivity index (χ2n) is 5.63. The van der Waals surface area contributed by atoms with Crippen molar-refractivity contribution in [1.82, 2.24) is 0 Å². The van der Waals surface area contributed by atoms with Crippen LogP contribution in [0.5, 0.6) is 11.5 Å². The number of hydrogen-bond acceptors (Lipinski definition) is 6. The topological polar surface area (TPSA) is 114 Å². The maximum atomic E-state index is 12.6. The standard InChI is InChI=1S/C19H14Cl2IN3O5/c1-3-30-18-15(22)5-10(6-16(18)29-2)4-11(9-23)19(26)24-17-13(20)7-12(25(27)28)8-14(17)21/h4-8H,3H2,1-2H3,(H,24,26)/b11-4+. The van der Waals surface area contributed by atoms with Crippen molar-refractivity contribution in [3.05, 3.63) is 59.1 Å². The second kappa shape index (κ2) is 10.5. The molecule has 0 bridgehead atoms. The Morgan fingerprint density at radius 3 is 2.47 bits per heavy atom. The molecular weight excluding hydrogens is 548 g/mol. The molecule has 2 aromatic rings. The zero-order valence-corrected chi connectivity index (χ0v) is 19.3. The summed E-state index contributed by atoms with van der Waals surface area (Å²) in [7, 11) is 1.48. The van der Waals surface area contributed by atoms with Crippen molar-refractivity contribution in [3.63, 3.8) is 0 Å². The van der Waals surface area contributed by atoms with E-state index in [-0.39, 0.29) is 27.0 Å². The van der Waals surface area contributed by atoms with Crippen LogP contribution in [0.15, 0.2) is 29.8 Å². The smallest absolute Gasteiger partial charge is 0.272 e. The first kappa shape index (κ1) is 23.7. The number of carbonyl (C=O) groups excluding carboxylic acids is 1. The minimum Gasteiger partial charge on any atom is -0.493 e. The Morgan fingerprint density at radius 2 is 1.97 bits per heavy atom. The van der Waals surface area contributed by atoms with Gasteiger partial charge in [-0.15, -0.1) is 0 Å². The summed E-state index contributed by atoms with van der Waals surface area (Å²) in [6.45, 7) is 2.29. The molecule has 0 aliphatic rings. The second-order valence-corrected chi connectivity index (χ2v) is 7.61. The van der Waals surface area contributed by atoms with Gasteiger partial charge in [0.1, 0.15) is 11.6 Å². The van der Waals surface area contributed by atoms with Crippen LogP contribution < -0.4 is 14.8 Å². The highest BCUT2D eigenvalue weighted by Gasteiger charge is 2.19. The van der Waals surface area contributed by atoms with Crippen LogP contribution in [0.2, 0.25) is 10.0 Å². The zero-order chi connectivity index (χ0) is 22.4. The van der Waals surface area contributed by atoms with Crippen LogP contribution in [0.3, 0.4) is 0 Å². The number of nitro benzene ring substituents is 1. The summed E-state index contributed by atoms with van der Waals surface area (Å²) in [5.74, 6) is 0.234. The van der Waals surface area contributed by atoms with Gasteiger partial charge in [-0.1, -0.05) is 23.2 Å². The van der Waals surface area contributed by atoms with Gasteiger partial charge in [0, 0.05) is 12.1 Å². The Morgan fingerprint density at radius 1 is 1.33 bits per heavy atom. The molecule has 0 heterocycles. The van der Waals surface area contributed by atoms with Crippen molar-refractivity contribution in [1.29, 1.82) is 5.26 Å². The molecule has 1 N–H and O–H groups in total. The number of anilines is 1. The van der Waals surface area contributed by atoms with E-state index in [4.69, 9.17) is 32.7 Å². The number of halogens is 3. The maximum Gasteiger partial charge on any atom is 0.272 e. The van der Waals surface area contributed by atoms with E-state index in [0.29, 0.717) is 23.7 Å². The molecule has 30 heavy (non-hydrogen) atoms. The van der Waals surface area contributed by atoms with Gasteiger partial charge < -0.3 is 14.8 Å². The van der Waals surface area contributed by atoms with Gasteiger partial charge in [0.25, 0.3) is 11.6 Å². The number of nitro groups is 1. The van der Waals surface area contributed by atoms with E-state index in [1.807, 2.05) is 13.0 Å². The third-order valence-corrected chi connectivity index (χ3v) is 5.09. The van der Waals surface area contributed by atoms with Crippen molar-refractivity contribution < 1.29 is 19.2 Å². The summed E-state index contributed by atoms with van der Waals surface area (Å²) in [6.07, 6.45) is 1.36. The number of non-ortho nitro benzene ring substituents is 1. The summed E-state index contributed by atoms with van der Waals surface area (Å²) in [5, 5.41) is 22.5. The highest BCUT2D eigenvalue weighted by Crippen LogP contribution is 2.36. The van der Waals surface area contributed by atoms with Gasteiger partial charge in [-0.25, -0.2) is 0 Å². The summed E-state index contributed by atoms with van der Waals surface area (Å²) in [5.41, 5.74) is -0.0566. The summed E-state index contributed by atoms with van der Waals surface area (Å²) < 4.78 is 11.6. The van der Waals surface area contributed by atoms with Gasteiger partial charge in [0.05, 0.1) is 37.9 Å². The van der Waals surface area contributed by atoms with E-state index in [2.05, 4.69) is 27.9 Å². The number of ether oxygens (including phenoxy) is 2. The number of hydrogen-bond donors (Lipinski definition) is 1. The molecule has 0 aliphatic carbocycles. The molecule has 156 valence electrons. The van der Waals surface area contributed by atoms with Crippen LogP contribution in [0.25, 0.3) is 6.08 Å². The number of benzene rings is 2. The Bertz CT molecular complexity index is 1060. The molecule has 0 saturated carbocycles. The average Bonchev–Trinajstić information content (AvgIpc) is 2.70. The predicted octanol–water partition coefficient (Wildman–Crippen LogP) is 5.46. The van der Waals surface area contributed by atoms with Crippen LogP contribution in [0.4, 0.5) is 11.4 Å². The number of nitrogens with zero attached hydrogens (tertiary/aromatic N) is 2. The quantitative estimate of drug-likeness (QED) is 0.158. The van der Waals surface area contributed by atoms with Crippen LogP contribution in [-0.4, -0.2) is 24.5 Å². The molecule has 0 radical (unpaired) electrons. The molecule has 1 amide bonds. The van der Waals surface area contributed by atoms with Crippen LogP contribution in [0, 0.1) is 25.0 Å². The lowest BCUT2D eigenvalue weighted by molar-refractivity contribution is -0.384. The van der Waals surface area contributed by atoms with Crippen molar-refractivity contribution in [2.75, 3.05) is 19.0 Å². The molecule has 0 saturated heterocycles. The van der Waals surface area contributed by atoms with Crippen LogP contribution >= 0.6 is 45.8 Å². The number of nitriles is 1. The van der Waals surface area contributed by atoms with E-state index >= 15 is 0 Å². The van der Waals surface area contributed by atoms with Gasteiger partial charge in [0.2, 0.25) is 0 Å². The third kappa shape index (κ3) is 5.53. The first-order valence-electron chi connectivity index (χ1n) is 8.28. The minimum absolute atomic E-state index is 0.0334. The first-order chi connectivity index (χ1) is 14.2. The van der Waals surface area contributed by atoms with Gasteiger partial charge in [-0.05, 0) is 53.3 Å². The van der Waals surface area contributed by atoms with E-state index in [0.717, 1.165) is 15.7 Å². The Kier molecular flexibility index (Phi) is 8.28. The monoisotopic (exact) mass is 561 g/mol. The maximum absolute atomic E-state index is 12.6. The van der Waals surface area contributed by atoms with E-state index in [1.165, 1.54) is 13.2 Å². The van der Waals surface area contributed by atoms with Gasteiger partial charge >= 0.3 is 0 Å². The van der Waals surface area contributed by atoms with Crippen LogP contribution in [-0.2, 0) is 4.79 Å². The van der Waals surface area contributed by atoms with Gasteiger partial charge in [0.15, 0.2) is 11.5 Å². The number of rotatable bonds is 7. The van der Waals surface area contributed by atoms with Crippen molar-refractivity contribution in [2.24, 2.45) is 0 Å². The molecule has 0 unspecified atom stereocenters. The van der Waals surface area contributed by atoms with E-state index in [1.54, 1.807) is 12.1 Å². The number of methoxy groups -OCH3 is 1. The molecule has 0 aromatic heterocycles. The highest BCUT2D eigenvalue weighted by molar-refractivity contribution is 14.1. The van der Waals surface area contributed by atoms with Gasteiger partial charge in [-0.3, -0.25) is 14.9 Å². The third-order valence-electron chi connectivity index (χ3n) is 3.69.